The first-order chi connectivity index (χ1) is 15.5. The molecule has 7 nitrogen and oxygen atoms in total. The lowest BCUT2D eigenvalue weighted by Crippen LogP contribution is -2.23. The fourth-order valence-electron chi connectivity index (χ4n) is 3.36. The lowest BCUT2D eigenvalue weighted by molar-refractivity contribution is 0.0950. The predicted molar refractivity (Wildman–Crippen MR) is 121 cm³/mol. The van der Waals surface area contributed by atoms with Crippen LogP contribution in [0.3, 0.4) is 0 Å². The van der Waals surface area contributed by atoms with E-state index in [4.69, 9.17) is 0 Å². The van der Waals surface area contributed by atoms with Crippen LogP contribution in [-0.2, 0) is 22.8 Å². The number of carbonyl (C=O) groups excluding carboxylic acids is 1. The Labute approximate surface area is 187 Å². The Bertz CT molecular complexity index is 1330. The third-order valence-electron chi connectivity index (χ3n) is 5.25. The molecule has 0 aliphatic carbocycles. The van der Waals surface area contributed by atoms with Gasteiger partial charge in [-0.05, 0) is 48.2 Å². The standard InChI is InChI=1S/C24H24N4O3S/c1-2-3-4-18-5-9-21(10-6-18)32(30,31)22-11-7-19(8-12-22)15-26-23(29)20-16-27-24-25-13-14-28(24)17-20/h5-14,16-17H,2-4,15H2,1H3,(H,26,29). The molecule has 8 heteroatoms. The van der Waals surface area contributed by atoms with E-state index in [2.05, 4.69) is 22.2 Å². The summed E-state index contributed by atoms with van der Waals surface area (Å²) in [7, 11) is -3.59. The smallest absolute Gasteiger partial charge is 0.254 e. The normalized spacial score (nSPS) is 11.5. The van der Waals surface area contributed by atoms with Crippen molar-refractivity contribution in [2.45, 2.75) is 42.5 Å². The summed E-state index contributed by atoms with van der Waals surface area (Å²) in [6.07, 6.45) is 9.60. The predicted octanol–water partition coefficient (Wildman–Crippen LogP) is 3.83. The average Bonchev–Trinajstić information content (AvgIpc) is 3.30. The summed E-state index contributed by atoms with van der Waals surface area (Å²) in [5.41, 5.74) is 2.35. The van der Waals surface area contributed by atoms with Crippen molar-refractivity contribution in [2.24, 2.45) is 0 Å². The summed E-state index contributed by atoms with van der Waals surface area (Å²) >= 11 is 0. The molecule has 0 saturated heterocycles. The SMILES string of the molecule is CCCCc1ccc(S(=O)(=O)c2ccc(CNC(=O)c3cnc4nccn4c3)cc2)cc1. The van der Waals surface area contributed by atoms with Crippen LogP contribution >= 0.6 is 0 Å². The maximum atomic E-state index is 12.9. The fourth-order valence-corrected chi connectivity index (χ4v) is 4.62. The van der Waals surface area contributed by atoms with E-state index >= 15 is 0 Å². The molecule has 2 heterocycles. The molecule has 1 amide bonds. The number of hydrogen-bond acceptors (Lipinski definition) is 5. The first kappa shape index (κ1) is 21.7. The van der Waals surface area contributed by atoms with Gasteiger partial charge in [0, 0.05) is 31.3 Å². The quantitative estimate of drug-likeness (QED) is 0.442. The van der Waals surface area contributed by atoms with Crippen LogP contribution in [0.15, 0.2) is 83.1 Å². The van der Waals surface area contributed by atoms with E-state index in [0.717, 1.165) is 30.4 Å². The van der Waals surface area contributed by atoms with E-state index in [1.54, 1.807) is 59.4 Å². The molecule has 164 valence electrons. The summed E-state index contributed by atoms with van der Waals surface area (Å²) in [5, 5.41) is 2.82. The zero-order chi connectivity index (χ0) is 22.6. The Kier molecular flexibility index (Phi) is 6.32. The number of rotatable bonds is 8. The van der Waals surface area contributed by atoms with Gasteiger partial charge in [-0.15, -0.1) is 0 Å². The van der Waals surface area contributed by atoms with Gasteiger partial charge < -0.3 is 5.32 Å². The highest BCUT2D eigenvalue weighted by Gasteiger charge is 2.17. The number of nitrogens with one attached hydrogen (secondary N) is 1. The van der Waals surface area contributed by atoms with E-state index < -0.39 is 9.84 Å². The van der Waals surface area contributed by atoms with E-state index in [1.165, 1.54) is 6.20 Å². The number of amides is 1. The van der Waals surface area contributed by atoms with Gasteiger partial charge in [0.15, 0.2) is 0 Å². The van der Waals surface area contributed by atoms with Gasteiger partial charge in [0.25, 0.3) is 5.91 Å². The second-order valence-electron chi connectivity index (χ2n) is 7.55. The highest BCUT2D eigenvalue weighted by molar-refractivity contribution is 7.91. The van der Waals surface area contributed by atoms with Crippen molar-refractivity contribution in [2.75, 3.05) is 0 Å². The number of nitrogens with zero attached hydrogens (tertiary/aromatic N) is 3. The number of unbranched alkanes of at least 4 members (excludes halogenated alkanes) is 1. The summed E-state index contributed by atoms with van der Waals surface area (Å²) in [6, 6.07) is 13.6. The lowest BCUT2D eigenvalue weighted by Gasteiger charge is -2.09. The Balaban J connectivity index is 1.41. The third-order valence-corrected chi connectivity index (χ3v) is 7.03. The van der Waals surface area contributed by atoms with Crippen molar-refractivity contribution in [3.8, 4) is 0 Å². The number of aryl methyl sites for hydroxylation is 1. The monoisotopic (exact) mass is 448 g/mol. The minimum Gasteiger partial charge on any atom is -0.348 e. The van der Waals surface area contributed by atoms with Crippen LogP contribution in [0, 0.1) is 0 Å². The van der Waals surface area contributed by atoms with Gasteiger partial charge in [-0.25, -0.2) is 18.4 Å². The molecule has 0 aliphatic heterocycles. The summed E-state index contributed by atoms with van der Waals surface area (Å²) in [5.74, 6) is 0.252. The number of sulfone groups is 1. The number of imidazole rings is 1. The number of fused-ring (bicyclic) bond motifs is 1. The van der Waals surface area contributed by atoms with Crippen molar-refractivity contribution in [3.05, 3.63) is 90.0 Å². The minimum absolute atomic E-state index is 0.226. The van der Waals surface area contributed by atoms with Crippen molar-refractivity contribution >= 4 is 21.5 Å². The molecular weight excluding hydrogens is 424 g/mol. The van der Waals surface area contributed by atoms with Crippen molar-refractivity contribution in [1.82, 2.24) is 19.7 Å². The molecule has 0 aliphatic rings. The molecule has 1 N–H and O–H groups in total. The molecule has 0 atom stereocenters. The molecule has 0 bridgehead atoms. The van der Waals surface area contributed by atoms with Gasteiger partial charge in [-0.1, -0.05) is 37.6 Å². The Morgan fingerprint density at radius 1 is 0.969 bits per heavy atom. The second kappa shape index (κ2) is 9.32. The highest BCUT2D eigenvalue weighted by atomic mass is 32.2. The van der Waals surface area contributed by atoms with E-state index in [1.807, 2.05) is 12.1 Å². The minimum atomic E-state index is -3.59. The van der Waals surface area contributed by atoms with Gasteiger partial charge >= 0.3 is 0 Å². The largest absolute Gasteiger partial charge is 0.348 e. The average molecular weight is 449 g/mol. The molecule has 2 aromatic heterocycles. The maximum absolute atomic E-state index is 12.9. The summed E-state index contributed by atoms with van der Waals surface area (Å²) < 4.78 is 27.5. The Morgan fingerprint density at radius 3 is 2.28 bits per heavy atom. The first-order valence-corrected chi connectivity index (χ1v) is 12.0. The van der Waals surface area contributed by atoms with Crippen LogP contribution in [0.2, 0.25) is 0 Å². The molecular formula is C24H24N4O3S. The highest BCUT2D eigenvalue weighted by Crippen LogP contribution is 2.22. The number of hydrogen-bond donors (Lipinski definition) is 1. The van der Waals surface area contributed by atoms with Crippen LogP contribution in [0.1, 0.15) is 41.3 Å². The molecule has 0 unspecified atom stereocenters. The van der Waals surface area contributed by atoms with Gasteiger partial charge in [0.05, 0.1) is 15.4 Å². The lowest BCUT2D eigenvalue weighted by atomic mass is 10.1. The molecule has 0 saturated carbocycles. The van der Waals surface area contributed by atoms with Gasteiger partial charge in [0.2, 0.25) is 15.6 Å². The van der Waals surface area contributed by atoms with Gasteiger partial charge in [-0.2, -0.15) is 0 Å². The number of benzene rings is 2. The molecule has 32 heavy (non-hydrogen) atoms. The van der Waals surface area contributed by atoms with E-state index in [9.17, 15) is 13.2 Å². The molecule has 4 rings (SSSR count). The molecule has 0 radical (unpaired) electrons. The maximum Gasteiger partial charge on any atom is 0.254 e. The zero-order valence-electron chi connectivity index (χ0n) is 17.7. The molecule has 2 aromatic carbocycles. The molecule has 0 spiro atoms. The molecule has 0 fully saturated rings. The van der Waals surface area contributed by atoms with Crippen molar-refractivity contribution in [1.29, 1.82) is 0 Å². The van der Waals surface area contributed by atoms with Crippen LogP contribution in [-0.4, -0.2) is 28.7 Å². The zero-order valence-corrected chi connectivity index (χ0v) is 18.5. The first-order valence-electron chi connectivity index (χ1n) is 10.5. The van der Waals surface area contributed by atoms with Crippen LogP contribution in [0.25, 0.3) is 5.78 Å². The van der Waals surface area contributed by atoms with Crippen LogP contribution < -0.4 is 5.32 Å². The van der Waals surface area contributed by atoms with Gasteiger partial charge in [0.1, 0.15) is 0 Å². The number of carbonyl (C=O) groups is 1. The second-order valence-corrected chi connectivity index (χ2v) is 9.50. The van der Waals surface area contributed by atoms with E-state index in [-0.39, 0.29) is 22.2 Å². The van der Waals surface area contributed by atoms with Crippen LogP contribution in [0.5, 0.6) is 0 Å². The fraction of sp³-hybridized carbons (Fsp3) is 0.208. The summed E-state index contributed by atoms with van der Waals surface area (Å²) in [6.45, 7) is 2.40. The topological polar surface area (TPSA) is 93.4 Å². The summed E-state index contributed by atoms with van der Waals surface area (Å²) in [4.78, 5) is 21.1. The van der Waals surface area contributed by atoms with Gasteiger partial charge in [-0.3, -0.25) is 9.20 Å². The Morgan fingerprint density at radius 2 is 1.62 bits per heavy atom. The van der Waals surface area contributed by atoms with Crippen molar-refractivity contribution in [3.63, 3.8) is 0 Å². The third kappa shape index (κ3) is 4.70. The Hall–Kier alpha value is -3.52. The van der Waals surface area contributed by atoms with Crippen molar-refractivity contribution < 1.29 is 13.2 Å². The van der Waals surface area contributed by atoms with Crippen LogP contribution in [0.4, 0.5) is 0 Å². The molecule has 4 aromatic rings. The number of aromatic nitrogens is 3. The van der Waals surface area contributed by atoms with E-state index in [0.29, 0.717) is 11.3 Å².